The molecule has 0 saturated heterocycles. The van der Waals surface area contributed by atoms with Crippen LogP contribution in [0.3, 0.4) is 0 Å². The maximum atomic E-state index is 11.9. The van der Waals surface area contributed by atoms with E-state index in [9.17, 15) is 9.90 Å². The number of amides is 1. The third kappa shape index (κ3) is 5.01. The minimum atomic E-state index is -0.521. The summed E-state index contributed by atoms with van der Waals surface area (Å²) in [6.07, 6.45) is 1.01. The molecule has 0 unspecified atom stereocenters. The third-order valence-electron chi connectivity index (χ3n) is 3.36. The minimum absolute atomic E-state index is 0.106. The summed E-state index contributed by atoms with van der Waals surface area (Å²) in [5, 5.41) is 15.6. The van der Waals surface area contributed by atoms with Gasteiger partial charge in [0.1, 0.15) is 5.75 Å². The summed E-state index contributed by atoms with van der Waals surface area (Å²) < 4.78 is 0. The highest BCUT2D eigenvalue weighted by atomic mass is 32.1. The Kier molecular flexibility index (Phi) is 5.72. The lowest BCUT2D eigenvalue weighted by Gasteiger charge is -2.19. The van der Waals surface area contributed by atoms with Gasteiger partial charge >= 0.3 is 0 Å². The van der Waals surface area contributed by atoms with Crippen molar-refractivity contribution in [3.05, 3.63) is 23.8 Å². The summed E-state index contributed by atoms with van der Waals surface area (Å²) in [6, 6.07) is 5.39. The number of benzene rings is 1. The van der Waals surface area contributed by atoms with Crippen LogP contribution in [0.2, 0.25) is 0 Å². The molecular formula is C16H24N2O2S. The number of anilines is 1. The summed E-state index contributed by atoms with van der Waals surface area (Å²) in [5.41, 5.74) is 1.10. The smallest absolute Gasteiger partial charge is 0.231 e. The first kappa shape index (κ1) is 17.4. The molecule has 21 heavy (non-hydrogen) atoms. The molecule has 0 bridgehead atoms. The molecule has 116 valence electrons. The van der Waals surface area contributed by atoms with E-state index in [1.807, 2.05) is 32.9 Å². The normalized spacial score (nSPS) is 12.6. The van der Waals surface area contributed by atoms with Crippen LogP contribution in [0.25, 0.3) is 0 Å². The quantitative estimate of drug-likeness (QED) is 0.587. The molecule has 1 amide bonds. The van der Waals surface area contributed by atoms with Crippen molar-refractivity contribution in [2.45, 2.75) is 47.0 Å². The second-order valence-corrected chi connectivity index (χ2v) is 6.65. The Bertz CT molecular complexity index is 536. The van der Waals surface area contributed by atoms with Gasteiger partial charge in [0, 0.05) is 5.41 Å². The van der Waals surface area contributed by atoms with E-state index >= 15 is 0 Å². The molecule has 1 aromatic rings. The summed E-state index contributed by atoms with van der Waals surface area (Å²) >= 11 is 5.12. The fourth-order valence-corrected chi connectivity index (χ4v) is 1.84. The van der Waals surface area contributed by atoms with Gasteiger partial charge in [-0.05, 0) is 42.3 Å². The van der Waals surface area contributed by atoms with Crippen molar-refractivity contribution in [2.75, 3.05) is 5.32 Å². The fourth-order valence-electron chi connectivity index (χ4n) is 1.64. The lowest BCUT2D eigenvalue weighted by Crippen LogP contribution is -2.41. The number of rotatable bonds is 3. The van der Waals surface area contributed by atoms with E-state index in [-0.39, 0.29) is 16.8 Å². The van der Waals surface area contributed by atoms with Crippen molar-refractivity contribution in [3.63, 3.8) is 0 Å². The van der Waals surface area contributed by atoms with Crippen LogP contribution in [-0.4, -0.2) is 16.1 Å². The molecule has 0 spiro atoms. The average Bonchev–Trinajstić information content (AvgIpc) is 2.39. The molecule has 0 radical (unpaired) electrons. The van der Waals surface area contributed by atoms with Crippen LogP contribution in [-0.2, 0) is 4.79 Å². The molecule has 1 aromatic carbocycles. The second kappa shape index (κ2) is 6.89. The van der Waals surface area contributed by atoms with Crippen LogP contribution >= 0.6 is 12.2 Å². The first-order valence-electron chi connectivity index (χ1n) is 7.10. The van der Waals surface area contributed by atoms with Crippen molar-refractivity contribution in [1.29, 1.82) is 0 Å². The van der Waals surface area contributed by atoms with Crippen LogP contribution in [0.1, 0.15) is 52.5 Å². The molecule has 0 heterocycles. The molecule has 1 rings (SSSR count). The van der Waals surface area contributed by atoms with Gasteiger partial charge in [0.25, 0.3) is 0 Å². The van der Waals surface area contributed by atoms with Gasteiger partial charge in [0.15, 0.2) is 5.11 Å². The van der Waals surface area contributed by atoms with Gasteiger partial charge in [-0.1, -0.05) is 40.7 Å². The Labute approximate surface area is 131 Å². The Morgan fingerprint density at radius 3 is 2.52 bits per heavy atom. The zero-order valence-electron chi connectivity index (χ0n) is 13.3. The zero-order valence-corrected chi connectivity index (χ0v) is 14.1. The van der Waals surface area contributed by atoms with Gasteiger partial charge in [0.05, 0.1) is 5.69 Å². The molecule has 1 atom stereocenters. The molecule has 0 fully saturated rings. The first-order chi connectivity index (χ1) is 9.65. The van der Waals surface area contributed by atoms with Crippen LogP contribution in [0.4, 0.5) is 5.69 Å². The van der Waals surface area contributed by atoms with E-state index in [4.69, 9.17) is 12.2 Å². The fraction of sp³-hybridized carbons (Fsp3) is 0.500. The highest BCUT2D eigenvalue weighted by molar-refractivity contribution is 7.80. The molecule has 0 aromatic heterocycles. The highest BCUT2D eigenvalue weighted by Crippen LogP contribution is 2.29. The Balaban J connectivity index is 2.83. The summed E-state index contributed by atoms with van der Waals surface area (Å²) in [4.78, 5) is 11.9. The average molecular weight is 308 g/mol. The second-order valence-electron chi connectivity index (χ2n) is 6.24. The molecule has 0 aliphatic heterocycles. The monoisotopic (exact) mass is 308 g/mol. The number of thiocarbonyl (C=S) groups is 1. The Hall–Kier alpha value is -1.62. The van der Waals surface area contributed by atoms with E-state index in [1.54, 1.807) is 6.07 Å². The van der Waals surface area contributed by atoms with Gasteiger partial charge in [-0.2, -0.15) is 0 Å². The van der Waals surface area contributed by atoms with Crippen molar-refractivity contribution in [3.8, 4) is 5.75 Å². The largest absolute Gasteiger partial charge is 0.506 e. The first-order valence-corrected chi connectivity index (χ1v) is 7.51. The number of hydrogen-bond acceptors (Lipinski definition) is 3. The number of carbonyl (C=O) groups is 1. The Morgan fingerprint density at radius 1 is 1.38 bits per heavy atom. The van der Waals surface area contributed by atoms with Gasteiger partial charge in [-0.25, -0.2) is 0 Å². The number of carbonyl (C=O) groups excluding carboxylic acids is 1. The summed E-state index contributed by atoms with van der Waals surface area (Å²) in [7, 11) is 0. The SMILES string of the molecule is CC[C@H](C)c1ccc(O)c(NC(=S)NC(=O)C(C)(C)C)c1. The zero-order chi connectivity index (χ0) is 16.2. The van der Waals surface area contributed by atoms with Crippen LogP contribution < -0.4 is 10.6 Å². The molecule has 3 N–H and O–H groups in total. The van der Waals surface area contributed by atoms with Crippen molar-refractivity contribution < 1.29 is 9.90 Å². The van der Waals surface area contributed by atoms with Crippen LogP contribution in [0.15, 0.2) is 18.2 Å². The third-order valence-corrected chi connectivity index (χ3v) is 3.56. The number of nitrogens with one attached hydrogen (secondary N) is 2. The number of aromatic hydroxyl groups is 1. The minimum Gasteiger partial charge on any atom is -0.506 e. The number of hydrogen-bond donors (Lipinski definition) is 3. The van der Waals surface area contributed by atoms with Gasteiger partial charge in [-0.3, -0.25) is 4.79 Å². The van der Waals surface area contributed by atoms with Crippen LogP contribution in [0, 0.1) is 5.41 Å². The van der Waals surface area contributed by atoms with E-state index in [0.29, 0.717) is 11.6 Å². The van der Waals surface area contributed by atoms with Crippen molar-refractivity contribution >= 4 is 28.9 Å². The van der Waals surface area contributed by atoms with Gasteiger partial charge in [-0.15, -0.1) is 0 Å². The molecule has 0 aliphatic carbocycles. The van der Waals surface area contributed by atoms with Gasteiger partial charge < -0.3 is 15.7 Å². The molecule has 0 saturated carbocycles. The molecule has 4 nitrogen and oxygen atoms in total. The van der Waals surface area contributed by atoms with Crippen molar-refractivity contribution in [2.24, 2.45) is 5.41 Å². The van der Waals surface area contributed by atoms with Crippen LogP contribution in [0.5, 0.6) is 5.75 Å². The van der Waals surface area contributed by atoms with E-state index < -0.39 is 5.41 Å². The van der Waals surface area contributed by atoms with E-state index in [2.05, 4.69) is 24.5 Å². The molecular weight excluding hydrogens is 284 g/mol. The maximum Gasteiger partial charge on any atom is 0.231 e. The number of phenolic OH excluding ortho intramolecular Hbond substituents is 1. The van der Waals surface area contributed by atoms with E-state index in [0.717, 1.165) is 12.0 Å². The predicted octanol–water partition coefficient (Wildman–Crippen LogP) is 3.76. The molecule has 0 aliphatic rings. The van der Waals surface area contributed by atoms with Gasteiger partial charge in [0.2, 0.25) is 5.91 Å². The maximum absolute atomic E-state index is 11.9. The number of phenols is 1. The lowest BCUT2D eigenvalue weighted by molar-refractivity contribution is -0.126. The topological polar surface area (TPSA) is 61.4 Å². The Morgan fingerprint density at radius 2 is 2.00 bits per heavy atom. The summed E-state index contributed by atoms with van der Waals surface area (Å²) in [5.74, 6) is 0.330. The lowest BCUT2D eigenvalue weighted by atomic mass is 9.96. The highest BCUT2D eigenvalue weighted by Gasteiger charge is 2.22. The predicted molar refractivity (Wildman–Crippen MR) is 90.6 cm³/mol. The standard InChI is InChI=1S/C16H24N2O2S/c1-6-10(2)11-7-8-13(19)12(9-11)17-15(21)18-14(20)16(3,4)5/h7-10,19H,6H2,1-5H3,(H2,17,18,20,21)/t10-/m0/s1. The van der Waals surface area contributed by atoms with E-state index in [1.165, 1.54) is 0 Å². The molecule has 5 heteroatoms. The summed E-state index contributed by atoms with van der Waals surface area (Å²) in [6.45, 7) is 9.67. The van der Waals surface area contributed by atoms with Crippen molar-refractivity contribution in [1.82, 2.24) is 5.32 Å².